The standard InChI is InChI=1S/C18H17FN4O2/c1-11-7-13(19)3-4-14(11)12-8-15-17(20-9-12)21-18(25)23(15)10-16(24)22-5-2-6-22/h3-4,7-9H,2,5-6,10H2,1H3,(H,20,21,25). The Morgan fingerprint density at radius 1 is 1.32 bits per heavy atom. The van der Waals surface area contributed by atoms with Gasteiger partial charge in [0.25, 0.3) is 0 Å². The number of rotatable bonds is 3. The summed E-state index contributed by atoms with van der Waals surface area (Å²) in [5.41, 5.74) is 3.04. The lowest BCUT2D eigenvalue weighted by atomic mass is 10.0. The largest absolute Gasteiger partial charge is 0.341 e. The molecule has 4 rings (SSSR count). The van der Waals surface area contributed by atoms with Crippen molar-refractivity contribution < 1.29 is 9.18 Å². The van der Waals surface area contributed by atoms with Crippen LogP contribution in [0.3, 0.4) is 0 Å². The second-order valence-corrected chi connectivity index (χ2v) is 6.30. The third-order valence-corrected chi connectivity index (χ3v) is 4.63. The van der Waals surface area contributed by atoms with Crippen molar-refractivity contribution in [2.24, 2.45) is 0 Å². The number of imidazole rings is 1. The number of nitrogens with one attached hydrogen (secondary N) is 1. The zero-order valence-electron chi connectivity index (χ0n) is 13.8. The summed E-state index contributed by atoms with van der Waals surface area (Å²) in [6.45, 7) is 3.30. The average Bonchev–Trinajstić information content (AvgIpc) is 2.81. The lowest BCUT2D eigenvalue weighted by molar-refractivity contribution is -0.135. The van der Waals surface area contributed by atoms with Gasteiger partial charge in [-0.25, -0.2) is 14.2 Å². The van der Waals surface area contributed by atoms with Crippen molar-refractivity contribution in [1.29, 1.82) is 0 Å². The van der Waals surface area contributed by atoms with Gasteiger partial charge < -0.3 is 4.90 Å². The van der Waals surface area contributed by atoms with Crippen LogP contribution in [0.5, 0.6) is 0 Å². The molecular weight excluding hydrogens is 323 g/mol. The molecule has 1 saturated heterocycles. The van der Waals surface area contributed by atoms with E-state index in [2.05, 4.69) is 9.97 Å². The Morgan fingerprint density at radius 3 is 2.80 bits per heavy atom. The zero-order chi connectivity index (χ0) is 17.6. The van der Waals surface area contributed by atoms with E-state index in [1.54, 1.807) is 17.2 Å². The van der Waals surface area contributed by atoms with Crippen molar-refractivity contribution in [1.82, 2.24) is 19.4 Å². The van der Waals surface area contributed by atoms with E-state index in [0.717, 1.165) is 36.2 Å². The fourth-order valence-corrected chi connectivity index (χ4v) is 3.09. The monoisotopic (exact) mass is 340 g/mol. The molecule has 1 aliphatic heterocycles. The van der Waals surface area contributed by atoms with E-state index >= 15 is 0 Å². The number of likely N-dealkylation sites (tertiary alicyclic amines) is 1. The summed E-state index contributed by atoms with van der Waals surface area (Å²) in [6, 6.07) is 6.35. The molecule has 128 valence electrons. The van der Waals surface area contributed by atoms with Crippen LogP contribution in [-0.2, 0) is 11.3 Å². The summed E-state index contributed by atoms with van der Waals surface area (Å²) in [5.74, 6) is -0.369. The van der Waals surface area contributed by atoms with Gasteiger partial charge in [-0.2, -0.15) is 0 Å². The molecule has 1 fully saturated rings. The predicted molar refractivity (Wildman–Crippen MR) is 91.7 cm³/mol. The van der Waals surface area contributed by atoms with E-state index < -0.39 is 0 Å². The molecule has 25 heavy (non-hydrogen) atoms. The molecule has 0 aliphatic carbocycles. The molecule has 3 aromatic rings. The van der Waals surface area contributed by atoms with Crippen molar-refractivity contribution in [2.45, 2.75) is 19.9 Å². The van der Waals surface area contributed by atoms with E-state index in [4.69, 9.17) is 0 Å². The summed E-state index contributed by atoms with van der Waals surface area (Å²) in [7, 11) is 0. The topological polar surface area (TPSA) is 71.0 Å². The Bertz CT molecular complexity index is 1030. The van der Waals surface area contributed by atoms with E-state index in [9.17, 15) is 14.0 Å². The molecule has 1 aliphatic rings. The summed E-state index contributed by atoms with van der Waals surface area (Å²) in [4.78, 5) is 33.1. The summed E-state index contributed by atoms with van der Waals surface area (Å²) in [6.07, 6.45) is 2.64. The Balaban J connectivity index is 1.77. The molecule has 0 unspecified atom stereocenters. The number of H-pyrrole nitrogens is 1. The maximum absolute atomic E-state index is 13.3. The summed E-state index contributed by atoms with van der Waals surface area (Å²) in [5, 5.41) is 0. The molecule has 0 saturated carbocycles. The second kappa shape index (κ2) is 5.84. The van der Waals surface area contributed by atoms with Crippen molar-refractivity contribution in [3.8, 4) is 11.1 Å². The fraction of sp³-hybridized carbons (Fsp3) is 0.278. The number of aryl methyl sites for hydroxylation is 1. The first kappa shape index (κ1) is 15.6. The van der Waals surface area contributed by atoms with E-state index in [-0.39, 0.29) is 24.0 Å². The van der Waals surface area contributed by atoms with Gasteiger partial charge in [0.2, 0.25) is 5.91 Å². The molecule has 0 bridgehead atoms. The quantitative estimate of drug-likeness (QED) is 0.793. The highest BCUT2D eigenvalue weighted by molar-refractivity contribution is 5.82. The van der Waals surface area contributed by atoms with Crippen LogP contribution >= 0.6 is 0 Å². The summed E-state index contributed by atoms with van der Waals surface area (Å²) >= 11 is 0. The molecule has 0 spiro atoms. The Kier molecular flexibility index (Phi) is 3.63. The van der Waals surface area contributed by atoms with Gasteiger partial charge in [0, 0.05) is 24.8 Å². The number of carbonyl (C=O) groups excluding carboxylic acids is 1. The first-order valence-electron chi connectivity index (χ1n) is 8.16. The van der Waals surface area contributed by atoms with Crippen molar-refractivity contribution in [3.05, 3.63) is 52.3 Å². The summed E-state index contributed by atoms with van der Waals surface area (Å²) < 4.78 is 14.7. The van der Waals surface area contributed by atoms with Crippen LogP contribution in [-0.4, -0.2) is 38.4 Å². The Hall–Kier alpha value is -2.96. The van der Waals surface area contributed by atoms with Gasteiger partial charge >= 0.3 is 5.69 Å². The number of hydrogen-bond acceptors (Lipinski definition) is 3. The third kappa shape index (κ3) is 2.71. The molecular formula is C18H17FN4O2. The lowest BCUT2D eigenvalue weighted by Crippen LogP contribution is -2.44. The average molecular weight is 340 g/mol. The molecule has 1 amide bonds. The maximum atomic E-state index is 13.3. The molecule has 0 radical (unpaired) electrons. The van der Waals surface area contributed by atoms with E-state index in [0.29, 0.717) is 11.2 Å². The van der Waals surface area contributed by atoms with Crippen molar-refractivity contribution in [3.63, 3.8) is 0 Å². The lowest BCUT2D eigenvalue weighted by Gasteiger charge is -2.30. The van der Waals surface area contributed by atoms with Gasteiger partial charge in [-0.3, -0.25) is 14.3 Å². The number of halogens is 1. The van der Waals surface area contributed by atoms with E-state index in [1.807, 2.05) is 13.0 Å². The van der Waals surface area contributed by atoms with E-state index in [1.165, 1.54) is 16.7 Å². The van der Waals surface area contributed by atoms with Gasteiger partial charge in [0.05, 0.1) is 5.52 Å². The molecule has 1 N–H and O–H groups in total. The van der Waals surface area contributed by atoms with Crippen molar-refractivity contribution in [2.75, 3.05) is 13.1 Å². The first-order valence-corrected chi connectivity index (χ1v) is 8.16. The fourth-order valence-electron chi connectivity index (χ4n) is 3.09. The number of aromatic nitrogens is 3. The van der Waals surface area contributed by atoms with Crippen LogP contribution in [0.4, 0.5) is 4.39 Å². The molecule has 6 nitrogen and oxygen atoms in total. The van der Waals surface area contributed by atoms with Crippen LogP contribution in [0, 0.1) is 12.7 Å². The van der Waals surface area contributed by atoms with Crippen LogP contribution in [0.15, 0.2) is 35.3 Å². The highest BCUT2D eigenvalue weighted by atomic mass is 19.1. The maximum Gasteiger partial charge on any atom is 0.328 e. The van der Waals surface area contributed by atoms with Crippen LogP contribution in [0.2, 0.25) is 0 Å². The normalized spacial score (nSPS) is 13.9. The highest BCUT2D eigenvalue weighted by Crippen LogP contribution is 2.25. The van der Waals surface area contributed by atoms with Gasteiger partial charge in [-0.05, 0) is 42.7 Å². The van der Waals surface area contributed by atoms with Crippen LogP contribution < -0.4 is 5.69 Å². The number of hydrogen-bond donors (Lipinski definition) is 1. The first-order chi connectivity index (χ1) is 12.0. The SMILES string of the molecule is Cc1cc(F)ccc1-c1cnc2[nH]c(=O)n(CC(=O)N3CCC3)c2c1. The number of pyridine rings is 1. The number of fused-ring (bicyclic) bond motifs is 1. The number of benzene rings is 1. The molecule has 7 heteroatoms. The number of aromatic amines is 1. The zero-order valence-corrected chi connectivity index (χ0v) is 13.8. The second-order valence-electron chi connectivity index (χ2n) is 6.30. The van der Waals surface area contributed by atoms with Gasteiger partial charge in [0.15, 0.2) is 5.65 Å². The molecule has 1 aromatic carbocycles. The number of amides is 1. The molecule has 0 atom stereocenters. The number of nitrogens with zero attached hydrogens (tertiary/aromatic N) is 3. The minimum absolute atomic E-state index is 0.00757. The van der Waals surface area contributed by atoms with Gasteiger partial charge in [-0.1, -0.05) is 6.07 Å². The Labute approximate surface area is 142 Å². The van der Waals surface area contributed by atoms with Gasteiger partial charge in [0.1, 0.15) is 12.4 Å². The van der Waals surface area contributed by atoms with Gasteiger partial charge in [-0.15, -0.1) is 0 Å². The predicted octanol–water partition coefficient (Wildman–Crippen LogP) is 2.07. The smallest absolute Gasteiger partial charge is 0.328 e. The van der Waals surface area contributed by atoms with Crippen LogP contribution in [0.1, 0.15) is 12.0 Å². The minimum Gasteiger partial charge on any atom is -0.341 e. The Morgan fingerprint density at radius 2 is 2.12 bits per heavy atom. The highest BCUT2D eigenvalue weighted by Gasteiger charge is 2.22. The third-order valence-electron chi connectivity index (χ3n) is 4.63. The molecule has 2 aromatic heterocycles. The van der Waals surface area contributed by atoms with Crippen molar-refractivity contribution >= 4 is 17.1 Å². The minimum atomic E-state index is -0.357. The molecule has 3 heterocycles. The number of carbonyl (C=O) groups is 1. The van der Waals surface area contributed by atoms with Crippen LogP contribution in [0.25, 0.3) is 22.3 Å².